The molecule has 2 aromatic heterocycles. The third-order valence-corrected chi connectivity index (χ3v) is 3.08. The van der Waals surface area contributed by atoms with E-state index in [1.165, 1.54) is 0 Å². The molecule has 19 heavy (non-hydrogen) atoms. The molecule has 0 fully saturated rings. The van der Waals surface area contributed by atoms with Crippen LogP contribution in [-0.4, -0.2) is 25.0 Å². The van der Waals surface area contributed by atoms with Crippen LogP contribution in [0.25, 0.3) is 0 Å². The SMILES string of the molecule is CCc1nnc(NC(C)c2cnn(C)c2)nc1CC. The van der Waals surface area contributed by atoms with Crippen LogP contribution in [0.2, 0.25) is 0 Å². The monoisotopic (exact) mass is 260 g/mol. The van der Waals surface area contributed by atoms with E-state index in [1.54, 1.807) is 4.68 Å². The van der Waals surface area contributed by atoms with Gasteiger partial charge in [-0.25, -0.2) is 4.98 Å². The van der Waals surface area contributed by atoms with Crippen molar-refractivity contribution in [2.75, 3.05) is 5.32 Å². The van der Waals surface area contributed by atoms with Gasteiger partial charge in [0.25, 0.3) is 0 Å². The molecule has 2 rings (SSSR count). The summed E-state index contributed by atoms with van der Waals surface area (Å²) in [5.41, 5.74) is 3.09. The standard InChI is InChI=1S/C13H20N6/c1-5-11-12(6-2)17-18-13(16-11)15-9(3)10-7-14-19(4)8-10/h7-9H,5-6H2,1-4H3,(H,15,16,18). The molecule has 2 aromatic rings. The second-order valence-electron chi connectivity index (χ2n) is 4.55. The van der Waals surface area contributed by atoms with Crippen molar-refractivity contribution in [2.45, 2.75) is 39.7 Å². The van der Waals surface area contributed by atoms with E-state index in [0.29, 0.717) is 5.95 Å². The molecule has 0 saturated heterocycles. The normalized spacial score (nSPS) is 12.4. The maximum absolute atomic E-state index is 4.52. The lowest BCUT2D eigenvalue weighted by atomic mass is 10.2. The molecule has 0 amide bonds. The van der Waals surface area contributed by atoms with Gasteiger partial charge in [0.05, 0.1) is 23.6 Å². The number of hydrogen-bond donors (Lipinski definition) is 1. The van der Waals surface area contributed by atoms with E-state index in [2.05, 4.69) is 46.4 Å². The van der Waals surface area contributed by atoms with E-state index >= 15 is 0 Å². The number of hydrogen-bond acceptors (Lipinski definition) is 5. The fourth-order valence-corrected chi connectivity index (χ4v) is 1.94. The molecule has 0 aliphatic rings. The van der Waals surface area contributed by atoms with Crippen LogP contribution < -0.4 is 5.32 Å². The molecule has 0 spiro atoms. The van der Waals surface area contributed by atoms with E-state index in [0.717, 1.165) is 29.8 Å². The molecule has 0 radical (unpaired) electrons. The molecule has 0 aromatic carbocycles. The Morgan fingerprint density at radius 2 is 1.95 bits per heavy atom. The van der Waals surface area contributed by atoms with Crippen molar-refractivity contribution in [3.05, 3.63) is 29.3 Å². The first-order chi connectivity index (χ1) is 9.13. The van der Waals surface area contributed by atoms with Crippen LogP contribution in [-0.2, 0) is 19.9 Å². The molecule has 2 heterocycles. The highest BCUT2D eigenvalue weighted by atomic mass is 15.3. The van der Waals surface area contributed by atoms with Gasteiger partial charge in [0.1, 0.15) is 0 Å². The van der Waals surface area contributed by atoms with Gasteiger partial charge < -0.3 is 5.32 Å². The Bertz CT molecular complexity index is 548. The molecule has 0 bridgehead atoms. The number of aromatic nitrogens is 5. The van der Waals surface area contributed by atoms with Gasteiger partial charge in [-0.1, -0.05) is 13.8 Å². The molecule has 0 aliphatic heterocycles. The molecule has 0 aliphatic carbocycles. The van der Waals surface area contributed by atoms with Crippen LogP contribution in [0, 0.1) is 0 Å². The number of nitrogens with zero attached hydrogens (tertiary/aromatic N) is 5. The fraction of sp³-hybridized carbons (Fsp3) is 0.538. The smallest absolute Gasteiger partial charge is 0.243 e. The first-order valence-electron chi connectivity index (χ1n) is 6.61. The number of anilines is 1. The van der Waals surface area contributed by atoms with Crippen LogP contribution in [0.5, 0.6) is 0 Å². The van der Waals surface area contributed by atoms with Crippen molar-refractivity contribution in [1.82, 2.24) is 25.0 Å². The Morgan fingerprint density at radius 3 is 2.53 bits per heavy atom. The molecule has 0 saturated carbocycles. The zero-order valence-corrected chi connectivity index (χ0v) is 11.9. The topological polar surface area (TPSA) is 68.5 Å². The third kappa shape index (κ3) is 3.07. The Kier molecular flexibility index (Phi) is 4.09. The van der Waals surface area contributed by atoms with Crippen LogP contribution in [0.1, 0.15) is 43.8 Å². The molecule has 102 valence electrons. The summed E-state index contributed by atoms with van der Waals surface area (Å²) in [6.07, 6.45) is 5.55. The predicted molar refractivity (Wildman–Crippen MR) is 73.8 cm³/mol. The zero-order valence-electron chi connectivity index (χ0n) is 11.9. The minimum Gasteiger partial charge on any atom is -0.346 e. The summed E-state index contributed by atoms with van der Waals surface area (Å²) in [7, 11) is 1.90. The van der Waals surface area contributed by atoms with Gasteiger partial charge in [-0.15, -0.1) is 5.10 Å². The van der Waals surface area contributed by atoms with Gasteiger partial charge in [0.2, 0.25) is 5.95 Å². The van der Waals surface area contributed by atoms with Gasteiger partial charge in [0.15, 0.2) is 0 Å². The van der Waals surface area contributed by atoms with Crippen molar-refractivity contribution in [3.8, 4) is 0 Å². The Morgan fingerprint density at radius 1 is 1.21 bits per heavy atom. The van der Waals surface area contributed by atoms with Crippen molar-refractivity contribution >= 4 is 5.95 Å². The lowest BCUT2D eigenvalue weighted by Crippen LogP contribution is -2.12. The summed E-state index contributed by atoms with van der Waals surface area (Å²) in [6, 6.07) is 0.104. The fourth-order valence-electron chi connectivity index (χ4n) is 1.94. The highest BCUT2D eigenvalue weighted by Crippen LogP contribution is 2.16. The molecule has 6 heteroatoms. The Labute approximate surface area is 113 Å². The molecule has 1 atom stereocenters. The maximum Gasteiger partial charge on any atom is 0.243 e. The first kappa shape index (κ1) is 13.5. The van der Waals surface area contributed by atoms with Crippen molar-refractivity contribution < 1.29 is 0 Å². The van der Waals surface area contributed by atoms with Crippen LogP contribution >= 0.6 is 0 Å². The third-order valence-electron chi connectivity index (χ3n) is 3.08. The van der Waals surface area contributed by atoms with Crippen molar-refractivity contribution in [2.24, 2.45) is 7.05 Å². The quantitative estimate of drug-likeness (QED) is 0.889. The van der Waals surface area contributed by atoms with E-state index in [4.69, 9.17) is 0 Å². The predicted octanol–water partition coefficient (Wildman–Crippen LogP) is 1.90. The van der Waals surface area contributed by atoms with Gasteiger partial charge in [-0.3, -0.25) is 4.68 Å². The Hall–Kier alpha value is -1.98. The molecular weight excluding hydrogens is 240 g/mol. The van der Waals surface area contributed by atoms with E-state index < -0.39 is 0 Å². The number of aryl methyl sites for hydroxylation is 3. The highest BCUT2D eigenvalue weighted by Gasteiger charge is 2.11. The summed E-state index contributed by atoms with van der Waals surface area (Å²) in [5.74, 6) is 0.574. The minimum atomic E-state index is 0.104. The van der Waals surface area contributed by atoms with Gasteiger partial charge in [-0.05, 0) is 19.8 Å². The average molecular weight is 260 g/mol. The molecule has 1 unspecified atom stereocenters. The van der Waals surface area contributed by atoms with Crippen LogP contribution in [0.15, 0.2) is 12.4 Å². The second kappa shape index (κ2) is 5.77. The summed E-state index contributed by atoms with van der Waals surface area (Å²) in [5, 5.41) is 15.8. The van der Waals surface area contributed by atoms with Crippen molar-refractivity contribution in [3.63, 3.8) is 0 Å². The van der Waals surface area contributed by atoms with Gasteiger partial charge >= 0.3 is 0 Å². The minimum absolute atomic E-state index is 0.104. The van der Waals surface area contributed by atoms with Crippen molar-refractivity contribution in [1.29, 1.82) is 0 Å². The van der Waals surface area contributed by atoms with Gasteiger partial charge in [-0.2, -0.15) is 10.2 Å². The van der Waals surface area contributed by atoms with Gasteiger partial charge in [0, 0.05) is 18.8 Å². The largest absolute Gasteiger partial charge is 0.346 e. The Balaban J connectivity index is 2.14. The highest BCUT2D eigenvalue weighted by molar-refractivity contribution is 5.30. The first-order valence-corrected chi connectivity index (χ1v) is 6.61. The number of rotatable bonds is 5. The zero-order chi connectivity index (χ0) is 13.8. The van der Waals surface area contributed by atoms with Crippen LogP contribution in [0.4, 0.5) is 5.95 Å². The number of nitrogens with one attached hydrogen (secondary N) is 1. The van der Waals surface area contributed by atoms with Crippen LogP contribution in [0.3, 0.4) is 0 Å². The summed E-state index contributed by atoms with van der Waals surface area (Å²) >= 11 is 0. The molecule has 6 nitrogen and oxygen atoms in total. The van der Waals surface area contributed by atoms with E-state index in [-0.39, 0.29) is 6.04 Å². The summed E-state index contributed by atoms with van der Waals surface area (Å²) < 4.78 is 1.78. The van der Waals surface area contributed by atoms with E-state index in [9.17, 15) is 0 Å². The lowest BCUT2D eigenvalue weighted by Gasteiger charge is -2.12. The molecular formula is C13H20N6. The summed E-state index contributed by atoms with van der Waals surface area (Å²) in [4.78, 5) is 4.52. The second-order valence-corrected chi connectivity index (χ2v) is 4.55. The van der Waals surface area contributed by atoms with E-state index in [1.807, 2.05) is 19.4 Å². The summed E-state index contributed by atoms with van der Waals surface area (Å²) in [6.45, 7) is 6.20. The average Bonchev–Trinajstić information content (AvgIpc) is 2.85. The lowest BCUT2D eigenvalue weighted by molar-refractivity contribution is 0.763. The maximum atomic E-state index is 4.52. The molecule has 1 N–H and O–H groups in total.